The Kier molecular flexibility index (Phi) is 6.51. The second kappa shape index (κ2) is 8.73. The molecule has 0 bridgehead atoms. The van der Waals surface area contributed by atoms with Crippen molar-refractivity contribution in [3.8, 4) is 0 Å². The Labute approximate surface area is 179 Å². The number of halogens is 2. The van der Waals surface area contributed by atoms with Crippen LogP contribution in [0.3, 0.4) is 0 Å². The Morgan fingerprint density at radius 1 is 1.17 bits per heavy atom. The standard InChI is InChI=1S/C20H21Cl2N3O3S/c1-3-4-9-29(27,28)24-20(26)14-6-8-19-18(10-14)23-13(2)25(19)12-15-5-7-16(21)11-17(15)22/h5-8,10-11H,3-4,9,12H2,1-2H3,(H,24,26). The van der Waals surface area contributed by atoms with Crippen LogP contribution in [0.4, 0.5) is 0 Å². The fourth-order valence-corrected chi connectivity index (χ4v) is 4.64. The average molecular weight is 454 g/mol. The minimum Gasteiger partial charge on any atom is -0.324 e. The van der Waals surface area contributed by atoms with Crippen molar-refractivity contribution in [2.45, 2.75) is 33.2 Å². The third-order valence-electron chi connectivity index (χ3n) is 4.56. The number of hydrogen-bond donors (Lipinski definition) is 1. The van der Waals surface area contributed by atoms with E-state index in [9.17, 15) is 13.2 Å². The van der Waals surface area contributed by atoms with Gasteiger partial charge in [0.1, 0.15) is 5.82 Å². The van der Waals surface area contributed by atoms with Crippen LogP contribution in [0, 0.1) is 6.92 Å². The van der Waals surface area contributed by atoms with Gasteiger partial charge in [0.15, 0.2) is 0 Å². The van der Waals surface area contributed by atoms with Gasteiger partial charge in [-0.15, -0.1) is 0 Å². The maximum atomic E-state index is 12.4. The highest BCUT2D eigenvalue weighted by molar-refractivity contribution is 7.90. The van der Waals surface area contributed by atoms with E-state index in [1.807, 2.05) is 24.5 Å². The number of aryl methyl sites for hydroxylation is 1. The van der Waals surface area contributed by atoms with Gasteiger partial charge in [-0.2, -0.15) is 0 Å². The summed E-state index contributed by atoms with van der Waals surface area (Å²) in [7, 11) is -3.65. The number of amides is 1. The number of nitrogens with zero attached hydrogens (tertiary/aromatic N) is 2. The molecule has 0 aliphatic rings. The number of nitrogens with one attached hydrogen (secondary N) is 1. The highest BCUT2D eigenvalue weighted by atomic mass is 35.5. The number of carbonyl (C=O) groups is 1. The summed E-state index contributed by atoms with van der Waals surface area (Å²) in [4.78, 5) is 16.9. The third-order valence-corrected chi connectivity index (χ3v) is 6.47. The fraction of sp³-hybridized carbons (Fsp3) is 0.300. The largest absolute Gasteiger partial charge is 0.324 e. The molecule has 1 amide bonds. The van der Waals surface area contributed by atoms with E-state index in [1.165, 1.54) is 0 Å². The lowest BCUT2D eigenvalue weighted by molar-refractivity contribution is 0.0981. The van der Waals surface area contributed by atoms with E-state index in [4.69, 9.17) is 23.2 Å². The van der Waals surface area contributed by atoms with Gasteiger partial charge in [-0.25, -0.2) is 18.1 Å². The Hall–Kier alpha value is -2.09. The summed E-state index contributed by atoms with van der Waals surface area (Å²) in [6, 6.07) is 10.3. The summed E-state index contributed by atoms with van der Waals surface area (Å²) >= 11 is 12.2. The maximum absolute atomic E-state index is 12.4. The van der Waals surface area contributed by atoms with Crippen LogP contribution >= 0.6 is 23.2 Å². The molecule has 6 nitrogen and oxygen atoms in total. The third kappa shape index (κ3) is 5.10. The Bertz CT molecular complexity index is 1170. The molecular weight excluding hydrogens is 433 g/mol. The second-order valence-corrected chi connectivity index (χ2v) is 9.47. The molecule has 0 radical (unpaired) electrons. The molecule has 0 atom stereocenters. The minimum absolute atomic E-state index is 0.0763. The molecule has 9 heteroatoms. The summed E-state index contributed by atoms with van der Waals surface area (Å²) in [5.74, 6) is 0.0164. The summed E-state index contributed by atoms with van der Waals surface area (Å²) in [6.45, 7) is 4.25. The van der Waals surface area contributed by atoms with Gasteiger partial charge < -0.3 is 4.57 Å². The first-order valence-corrected chi connectivity index (χ1v) is 11.6. The van der Waals surface area contributed by atoms with Crippen molar-refractivity contribution in [3.05, 3.63) is 63.4 Å². The zero-order valence-corrected chi connectivity index (χ0v) is 18.4. The lowest BCUT2D eigenvalue weighted by Gasteiger charge is -2.10. The van der Waals surface area contributed by atoms with Crippen LogP contribution in [-0.4, -0.2) is 29.6 Å². The Balaban J connectivity index is 1.87. The van der Waals surface area contributed by atoms with Crippen LogP contribution in [-0.2, 0) is 16.6 Å². The molecule has 0 saturated carbocycles. The number of hydrogen-bond acceptors (Lipinski definition) is 4. The first-order valence-electron chi connectivity index (χ1n) is 9.16. The topological polar surface area (TPSA) is 81.1 Å². The van der Waals surface area contributed by atoms with E-state index >= 15 is 0 Å². The number of benzene rings is 2. The molecule has 1 aromatic heterocycles. The quantitative estimate of drug-likeness (QED) is 0.568. The maximum Gasteiger partial charge on any atom is 0.264 e. The first-order chi connectivity index (χ1) is 13.7. The molecule has 1 heterocycles. The van der Waals surface area contributed by atoms with E-state index in [-0.39, 0.29) is 11.3 Å². The van der Waals surface area contributed by atoms with E-state index in [1.54, 1.807) is 30.3 Å². The van der Waals surface area contributed by atoms with Gasteiger partial charge >= 0.3 is 0 Å². The molecule has 0 unspecified atom stereocenters. The number of carbonyl (C=O) groups excluding carboxylic acids is 1. The lowest BCUT2D eigenvalue weighted by Crippen LogP contribution is -2.32. The van der Waals surface area contributed by atoms with Crippen molar-refractivity contribution in [3.63, 3.8) is 0 Å². The van der Waals surface area contributed by atoms with E-state index in [2.05, 4.69) is 9.71 Å². The van der Waals surface area contributed by atoms with Crippen molar-refractivity contribution in [2.75, 3.05) is 5.75 Å². The number of unbranched alkanes of at least 4 members (excludes halogenated alkanes) is 1. The zero-order chi connectivity index (χ0) is 21.2. The summed E-state index contributed by atoms with van der Waals surface area (Å²) in [6.07, 6.45) is 1.23. The molecule has 154 valence electrons. The molecule has 0 aliphatic heterocycles. The summed E-state index contributed by atoms with van der Waals surface area (Å²) < 4.78 is 28.1. The number of rotatable bonds is 7. The van der Waals surface area contributed by atoms with Gasteiger partial charge in [-0.1, -0.05) is 42.6 Å². The molecule has 29 heavy (non-hydrogen) atoms. The number of imidazole rings is 1. The van der Waals surface area contributed by atoms with Crippen LogP contribution < -0.4 is 4.72 Å². The van der Waals surface area contributed by atoms with E-state index in [0.29, 0.717) is 28.5 Å². The molecular formula is C20H21Cl2N3O3S. The average Bonchev–Trinajstić information content (AvgIpc) is 2.96. The lowest BCUT2D eigenvalue weighted by atomic mass is 10.2. The first kappa shape index (κ1) is 21.6. The summed E-state index contributed by atoms with van der Waals surface area (Å²) in [5.41, 5.74) is 2.55. The van der Waals surface area contributed by atoms with Gasteiger partial charge in [0, 0.05) is 15.6 Å². The monoisotopic (exact) mass is 453 g/mol. The van der Waals surface area contributed by atoms with Crippen molar-refractivity contribution < 1.29 is 13.2 Å². The predicted molar refractivity (Wildman–Crippen MR) is 116 cm³/mol. The zero-order valence-electron chi connectivity index (χ0n) is 16.1. The highest BCUT2D eigenvalue weighted by Crippen LogP contribution is 2.25. The molecule has 0 saturated heterocycles. The van der Waals surface area contributed by atoms with Crippen LogP contribution in [0.25, 0.3) is 11.0 Å². The van der Waals surface area contributed by atoms with Gasteiger partial charge in [-0.05, 0) is 49.2 Å². The van der Waals surface area contributed by atoms with Gasteiger partial charge in [0.25, 0.3) is 5.91 Å². The number of fused-ring (bicyclic) bond motifs is 1. The molecule has 2 aromatic carbocycles. The molecule has 1 N–H and O–H groups in total. The Morgan fingerprint density at radius 2 is 1.93 bits per heavy atom. The van der Waals surface area contributed by atoms with E-state index in [0.717, 1.165) is 23.3 Å². The van der Waals surface area contributed by atoms with Crippen LogP contribution in [0.1, 0.15) is 41.5 Å². The number of aromatic nitrogens is 2. The van der Waals surface area contributed by atoms with E-state index < -0.39 is 15.9 Å². The smallest absolute Gasteiger partial charge is 0.264 e. The molecule has 0 aliphatic carbocycles. The highest BCUT2D eigenvalue weighted by Gasteiger charge is 2.17. The molecule has 0 spiro atoms. The summed E-state index contributed by atoms with van der Waals surface area (Å²) in [5, 5.41) is 1.13. The molecule has 3 rings (SSSR count). The SMILES string of the molecule is CCCCS(=O)(=O)NC(=O)c1ccc2c(c1)nc(C)n2Cc1ccc(Cl)cc1Cl. The minimum atomic E-state index is -3.65. The van der Waals surface area contributed by atoms with Crippen LogP contribution in [0.15, 0.2) is 36.4 Å². The van der Waals surface area contributed by atoms with Crippen LogP contribution in [0.5, 0.6) is 0 Å². The normalized spacial score (nSPS) is 11.7. The van der Waals surface area contributed by atoms with Crippen molar-refractivity contribution in [1.82, 2.24) is 14.3 Å². The van der Waals surface area contributed by atoms with Gasteiger partial charge in [0.2, 0.25) is 10.0 Å². The van der Waals surface area contributed by atoms with Crippen molar-refractivity contribution in [2.24, 2.45) is 0 Å². The molecule has 0 fully saturated rings. The van der Waals surface area contributed by atoms with Gasteiger partial charge in [-0.3, -0.25) is 4.79 Å². The van der Waals surface area contributed by atoms with Gasteiger partial charge in [0.05, 0.1) is 23.3 Å². The Morgan fingerprint density at radius 3 is 2.62 bits per heavy atom. The van der Waals surface area contributed by atoms with Crippen molar-refractivity contribution >= 4 is 50.2 Å². The fourth-order valence-electron chi connectivity index (χ4n) is 3.00. The predicted octanol–water partition coefficient (Wildman–Crippen LogP) is 4.56. The van der Waals surface area contributed by atoms with Crippen LogP contribution in [0.2, 0.25) is 10.0 Å². The number of sulfonamides is 1. The van der Waals surface area contributed by atoms with Crippen molar-refractivity contribution in [1.29, 1.82) is 0 Å². The molecule has 3 aromatic rings. The second-order valence-electron chi connectivity index (χ2n) is 6.79.